The molecule has 0 amide bonds. The third-order valence-electron chi connectivity index (χ3n) is 2.69. The van der Waals surface area contributed by atoms with Gasteiger partial charge in [0.15, 0.2) is 5.82 Å². The summed E-state index contributed by atoms with van der Waals surface area (Å²) in [4.78, 5) is 9.16. The second kappa shape index (κ2) is 6.07. The van der Waals surface area contributed by atoms with Crippen LogP contribution in [0.25, 0.3) is 11.4 Å². The maximum Gasteiger partial charge on any atom is 0.162 e. The molecule has 2 heterocycles. The second-order valence-electron chi connectivity index (χ2n) is 4.07. The molecule has 5 heteroatoms. The summed E-state index contributed by atoms with van der Waals surface area (Å²) in [7, 11) is 1.87. The van der Waals surface area contributed by atoms with Crippen molar-refractivity contribution in [2.45, 2.75) is 9.24 Å². The topological polar surface area (TPSA) is 37.8 Å². The van der Waals surface area contributed by atoms with Gasteiger partial charge in [0.1, 0.15) is 10.8 Å². The van der Waals surface area contributed by atoms with Crippen LogP contribution in [-0.2, 0) is 0 Å². The highest BCUT2D eigenvalue weighted by Crippen LogP contribution is 2.32. The van der Waals surface area contributed by atoms with E-state index < -0.39 is 0 Å². The van der Waals surface area contributed by atoms with Crippen molar-refractivity contribution in [1.82, 2.24) is 9.97 Å². The molecular formula is C15H13N3S2. The first-order valence-corrected chi connectivity index (χ1v) is 7.88. The molecule has 0 aliphatic heterocycles. The summed E-state index contributed by atoms with van der Waals surface area (Å²) in [5.74, 6) is 1.58. The predicted octanol–water partition coefficient (Wildman–Crippen LogP) is 4.40. The van der Waals surface area contributed by atoms with E-state index in [9.17, 15) is 0 Å². The van der Waals surface area contributed by atoms with Crippen molar-refractivity contribution in [2.75, 3.05) is 12.4 Å². The van der Waals surface area contributed by atoms with Crippen molar-refractivity contribution >= 4 is 28.9 Å². The lowest BCUT2D eigenvalue weighted by Crippen LogP contribution is -1.97. The van der Waals surface area contributed by atoms with Crippen molar-refractivity contribution < 1.29 is 0 Å². The van der Waals surface area contributed by atoms with Crippen molar-refractivity contribution in [2.24, 2.45) is 0 Å². The van der Waals surface area contributed by atoms with Gasteiger partial charge in [0.2, 0.25) is 0 Å². The molecule has 3 rings (SSSR count). The quantitative estimate of drug-likeness (QED) is 0.725. The first-order chi connectivity index (χ1) is 9.85. The van der Waals surface area contributed by atoms with Crippen LogP contribution in [0, 0.1) is 0 Å². The number of hydrogen-bond acceptors (Lipinski definition) is 5. The Hall–Kier alpha value is -1.85. The average molecular weight is 299 g/mol. The molecule has 0 fully saturated rings. The molecule has 0 bridgehead atoms. The van der Waals surface area contributed by atoms with Crippen LogP contribution >= 0.6 is 23.1 Å². The van der Waals surface area contributed by atoms with Gasteiger partial charge in [0, 0.05) is 18.7 Å². The van der Waals surface area contributed by atoms with Gasteiger partial charge in [0.05, 0.1) is 4.21 Å². The molecule has 1 aromatic carbocycles. The lowest BCUT2D eigenvalue weighted by atomic mass is 10.2. The van der Waals surface area contributed by atoms with Crippen LogP contribution in [0.5, 0.6) is 0 Å². The lowest BCUT2D eigenvalue weighted by Gasteiger charge is -2.07. The fourth-order valence-electron chi connectivity index (χ4n) is 1.75. The van der Waals surface area contributed by atoms with Gasteiger partial charge < -0.3 is 5.32 Å². The van der Waals surface area contributed by atoms with E-state index in [1.165, 1.54) is 4.21 Å². The summed E-state index contributed by atoms with van der Waals surface area (Å²) in [6.45, 7) is 0. The summed E-state index contributed by atoms with van der Waals surface area (Å²) in [5.41, 5.74) is 1.03. The summed E-state index contributed by atoms with van der Waals surface area (Å²) >= 11 is 3.38. The van der Waals surface area contributed by atoms with Gasteiger partial charge in [-0.05, 0) is 11.4 Å². The molecule has 20 heavy (non-hydrogen) atoms. The van der Waals surface area contributed by atoms with E-state index in [-0.39, 0.29) is 0 Å². The predicted molar refractivity (Wildman–Crippen MR) is 85.5 cm³/mol. The number of anilines is 1. The van der Waals surface area contributed by atoms with E-state index in [0.717, 1.165) is 22.2 Å². The van der Waals surface area contributed by atoms with Crippen LogP contribution in [0.1, 0.15) is 0 Å². The molecule has 0 radical (unpaired) electrons. The number of nitrogens with zero attached hydrogens (tertiary/aromatic N) is 2. The van der Waals surface area contributed by atoms with Crippen molar-refractivity contribution in [1.29, 1.82) is 0 Å². The Labute approximate surface area is 126 Å². The molecule has 0 aliphatic rings. The maximum atomic E-state index is 4.64. The maximum absolute atomic E-state index is 4.64. The third-order valence-corrected chi connectivity index (χ3v) is 4.65. The molecule has 0 saturated carbocycles. The smallest absolute Gasteiger partial charge is 0.162 e. The minimum absolute atomic E-state index is 0.747. The van der Waals surface area contributed by atoms with Crippen LogP contribution in [-0.4, -0.2) is 17.0 Å². The molecule has 100 valence electrons. The van der Waals surface area contributed by atoms with E-state index in [1.54, 1.807) is 23.1 Å². The van der Waals surface area contributed by atoms with E-state index in [2.05, 4.69) is 26.7 Å². The molecular weight excluding hydrogens is 286 g/mol. The molecule has 0 saturated heterocycles. The summed E-state index contributed by atoms with van der Waals surface area (Å²) < 4.78 is 1.23. The van der Waals surface area contributed by atoms with Gasteiger partial charge in [-0.1, -0.05) is 48.2 Å². The van der Waals surface area contributed by atoms with E-state index in [4.69, 9.17) is 0 Å². The molecule has 0 unspecified atom stereocenters. The Balaban J connectivity index is 1.99. The highest BCUT2D eigenvalue weighted by molar-refractivity contribution is 8.01. The highest BCUT2D eigenvalue weighted by Gasteiger charge is 2.07. The third kappa shape index (κ3) is 3.00. The zero-order chi connectivity index (χ0) is 13.8. The summed E-state index contributed by atoms with van der Waals surface area (Å²) in [5, 5.41) is 6.12. The minimum Gasteiger partial charge on any atom is -0.373 e. The Morgan fingerprint density at radius 2 is 1.90 bits per heavy atom. The molecule has 2 aromatic heterocycles. The highest BCUT2D eigenvalue weighted by atomic mass is 32.2. The van der Waals surface area contributed by atoms with Gasteiger partial charge in [-0.25, -0.2) is 9.97 Å². The molecule has 0 spiro atoms. The van der Waals surface area contributed by atoms with Crippen LogP contribution in [0.3, 0.4) is 0 Å². The molecule has 0 atom stereocenters. The Morgan fingerprint density at radius 1 is 1.05 bits per heavy atom. The lowest BCUT2D eigenvalue weighted by molar-refractivity contribution is 1.06. The van der Waals surface area contributed by atoms with Gasteiger partial charge >= 0.3 is 0 Å². The number of hydrogen-bond donors (Lipinski definition) is 1. The Kier molecular flexibility index (Phi) is 3.99. The van der Waals surface area contributed by atoms with E-state index in [1.807, 2.05) is 49.5 Å². The molecule has 1 N–H and O–H groups in total. The number of rotatable bonds is 4. The summed E-state index contributed by atoms with van der Waals surface area (Å²) in [6, 6.07) is 16.1. The van der Waals surface area contributed by atoms with Crippen LogP contribution in [0.2, 0.25) is 0 Å². The van der Waals surface area contributed by atoms with Crippen molar-refractivity contribution in [3.05, 3.63) is 53.9 Å². The average Bonchev–Trinajstić information content (AvgIpc) is 3.00. The number of nitrogens with one attached hydrogen (secondary N) is 1. The van der Waals surface area contributed by atoms with Crippen LogP contribution < -0.4 is 5.32 Å². The fourth-order valence-corrected chi connectivity index (χ4v) is 3.47. The second-order valence-corrected chi connectivity index (χ2v) is 6.33. The Morgan fingerprint density at radius 3 is 2.60 bits per heavy atom. The molecule has 3 nitrogen and oxygen atoms in total. The van der Waals surface area contributed by atoms with E-state index in [0.29, 0.717) is 0 Å². The van der Waals surface area contributed by atoms with Gasteiger partial charge in [-0.15, -0.1) is 11.3 Å². The normalized spacial score (nSPS) is 10.4. The number of aromatic nitrogens is 2. The van der Waals surface area contributed by atoms with Gasteiger partial charge in [-0.3, -0.25) is 0 Å². The largest absolute Gasteiger partial charge is 0.373 e. The van der Waals surface area contributed by atoms with Crippen molar-refractivity contribution in [3.8, 4) is 11.4 Å². The molecule has 0 aliphatic carbocycles. The van der Waals surface area contributed by atoms with Gasteiger partial charge in [-0.2, -0.15) is 0 Å². The zero-order valence-electron chi connectivity index (χ0n) is 10.9. The fraction of sp³-hybridized carbons (Fsp3) is 0.0667. The van der Waals surface area contributed by atoms with Crippen LogP contribution in [0.15, 0.2) is 63.1 Å². The van der Waals surface area contributed by atoms with E-state index >= 15 is 0 Å². The number of benzene rings is 1. The Bertz CT molecular complexity index is 682. The first kappa shape index (κ1) is 13.1. The number of thiophene rings is 1. The van der Waals surface area contributed by atoms with Gasteiger partial charge in [0.25, 0.3) is 0 Å². The zero-order valence-corrected chi connectivity index (χ0v) is 12.5. The SMILES string of the molecule is CNc1cc(Sc2cccs2)nc(-c2ccccc2)n1. The first-order valence-electron chi connectivity index (χ1n) is 6.19. The summed E-state index contributed by atoms with van der Waals surface area (Å²) in [6.07, 6.45) is 0. The molecule has 3 aromatic rings. The monoisotopic (exact) mass is 299 g/mol. The standard InChI is InChI=1S/C15H13N3S2/c1-16-12-10-13(20-14-8-5-9-19-14)18-15(17-12)11-6-3-2-4-7-11/h2-10H,1H3,(H,16,17,18). The van der Waals surface area contributed by atoms with Crippen LogP contribution in [0.4, 0.5) is 5.82 Å². The van der Waals surface area contributed by atoms with Crippen molar-refractivity contribution in [3.63, 3.8) is 0 Å². The minimum atomic E-state index is 0.747.